The predicted octanol–water partition coefficient (Wildman–Crippen LogP) is 7.27. The Kier molecular flexibility index (Phi) is 28.7. The molecule has 0 atom stereocenters. The maximum absolute atomic E-state index is 10.5. The van der Waals surface area contributed by atoms with Gasteiger partial charge >= 0.3 is 18.1 Å². The molecule has 13 heteroatoms. The average Bonchev–Trinajstić information content (AvgIpc) is 2.60. The van der Waals surface area contributed by atoms with Crippen LogP contribution in [0.2, 0.25) is 0 Å². The van der Waals surface area contributed by atoms with Gasteiger partial charge in [-0.15, -0.1) is 0 Å². The van der Waals surface area contributed by atoms with Crippen LogP contribution in [0, 0.1) is 0 Å². The van der Waals surface area contributed by atoms with Crippen LogP contribution < -0.4 is 0 Å². The molecule has 0 amide bonds. The summed E-state index contributed by atoms with van der Waals surface area (Å²) < 4.78 is 33.8. The second-order valence-corrected chi connectivity index (χ2v) is 19.8. The van der Waals surface area contributed by atoms with E-state index in [1.807, 2.05) is 125 Å². The van der Waals surface area contributed by atoms with E-state index in [4.69, 9.17) is 36.8 Å². The van der Waals surface area contributed by atoms with Crippen LogP contribution in [0.25, 0.3) is 0 Å². The third-order valence-electron chi connectivity index (χ3n) is 3.63. The minimum Gasteiger partial charge on any atom is -0.396 e. The predicted molar refractivity (Wildman–Crippen MR) is 185 cm³/mol. The van der Waals surface area contributed by atoms with Crippen LogP contribution in [0.5, 0.6) is 0 Å². The van der Waals surface area contributed by atoms with Crippen LogP contribution in [0.15, 0.2) is 0 Å². The molecule has 0 aromatic heterocycles. The van der Waals surface area contributed by atoms with Crippen molar-refractivity contribution in [1.29, 1.82) is 0 Å². The third-order valence-corrected chi connectivity index (χ3v) is 8.86. The first-order chi connectivity index (χ1) is 19.1. The molecule has 0 fully saturated rings. The third kappa shape index (κ3) is 49.4. The zero-order valence-electron chi connectivity index (χ0n) is 33.0. The maximum Gasteiger partial charge on any atom is 0.678 e. The molecule has 0 saturated heterocycles. The summed E-state index contributed by atoms with van der Waals surface area (Å²) in [5, 5.41) is 16.1. The summed E-state index contributed by atoms with van der Waals surface area (Å²) in [6.07, 6.45) is 4.08. The van der Waals surface area contributed by atoms with Crippen LogP contribution in [0.1, 0.15) is 164 Å². The fourth-order valence-corrected chi connectivity index (χ4v) is 7.66. The van der Waals surface area contributed by atoms with E-state index in [-0.39, 0.29) is 26.2 Å². The van der Waals surface area contributed by atoms with Crippen molar-refractivity contribution in [3.05, 3.63) is 0 Å². The van der Waals surface area contributed by atoms with Gasteiger partial charge in [0.2, 0.25) is 0 Å². The van der Waals surface area contributed by atoms with Crippen molar-refractivity contribution in [3.8, 4) is 0 Å². The molecule has 0 unspecified atom stereocenters. The number of hydrogen-bond donors (Lipinski definition) is 4. The Labute approximate surface area is 300 Å². The first kappa shape index (κ1) is 55.3. The van der Waals surface area contributed by atoms with E-state index in [0.717, 1.165) is 25.7 Å². The fraction of sp³-hybridized carbons (Fsp3) is 1.00. The van der Waals surface area contributed by atoms with Gasteiger partial charge in [0.05, 0.1) is 33.6 Å². The van der Waals surface area contributed by atoms with Crippen molar-refractivity contribution in [2.45, 2.75) is 198 Å². The quantitative estimate of drug-likeness (QED) is 0.168. The van der Waals surface area contributed by atoms with Crippen LogP contribution in [0.4, 0.5) is 0 Å². The number of unbranched alkanes of at least 4 members (excludes halogenated alkanes) is 2. The number of aliphatic hydroxyl groups excluding tert-OH is 2. The maximum atomic E-state index is 10.5. The summed E-state index contributed by atoms with van der Waals surface area (Å²) in [5.41, 5.74) is -3.10. The van der Waals surface area contributed by atoms with E-state index in [9.17, 15) is 9.59 Å². The summed E-state index contributed by atoms with van der Waals surface area (Å²) in [6.45, 7) is 38.3. The van der Waals surface area contributed by atoms with Gasteiger partial charge in [-0.25, -0.2) is 0 Å². The van der Waals surface area contributed by atoms with Crippen molar-refractivity contribution in [1.82, 2.24) is 0 Å². The van der Waals surface area contributed by atoms with Gasteiger partial charge in [0.1, 0.15) is 0 Å². The van der Waals surface area contributed by atoms with Crippen molar-refractivity contribution in [2.24, 2.45) is 0 Å². The standard InChI is InChI=1S/2C12H28O4Si.2C4H10O.Zr/c2*1-10(2,3)14-17(13,15-11(4,5)6)16-12(7,8)9;2*1-2-3-4-5;/h2*13H,1-9H3;2*5H,2-4H2,1H3;. The minimum absolute atomic E-state index is 0. The molecular formula is C32H76O10Si2Zr. The van der Waals surface area contributed by atoms with Gasteiger partial charge in [-0.3, -0.25) is 0 Å². The summed E-state index contributed by atoms with van der Waals surface area (Å²) in [5.74, 6) is 0. The molecule has 0 radical (unpaired) electrons. The van der Waals surface area contributed by atoms with E-state index in [1.165, 1.54) is 0 Å². The first-order valence-electron chi connectivity index (χ1n) is 15.9. The normalized spacial score (nSPS) is 13.3. The number of hydrogen-bond acceptors (Lipinski definition) is 10. The summed E-state index contributed by atoms with van der Waals surface area (Å²) in [6, 6.07) is 0. The number of rotatable bonds is 10. The molecule has 0 saturated carbocycles. The monoisotopic (exact) mass is 766 g/mol. The molecule has 10 nitrogen and oxygen atoms in total. The van der Waals surface area contributed by atoms with Gasteiger partial charge in [0, 0.05) is 39.4 Å². The molecule has 0 aliphatic heterocycles. The summed E-state index contributed by atoms with van der Waals surface area (Å²) in [4.78, 5) is 21.0. The second-order valence-electron chi connectivity index (χ2n) is 16.5. The molecule has 4 N–H and O–H groups in total. The molecule has 0 bridgehead atoms. The van der Waals surface area contributed by atoms with Gasteiger partial charge in [0.15, 0.2) is 0 Å². The largest absolute Gasteiger partial charge is 0.678 e. The van der Waals surface area contributed by atoms with Crippen LogP contribution in [-0.4, -0.2) is 84.7 Å². The molecule has 45 heavy (non-hydrogen) atoms. The Balaban J connectivity index is -0.000000179. The Morgan fingerprint density at radius 2 is 0.511 bits per heavy atom. The Morgan fingerprint density at radius 1 is 0.378 bits per heavy atom. The zero-order valence-corrected chi connectivity index (χ0v) is 37.4. The molecule has 0 rings (SSSR count). The molecule has 276 valence electrons. The molecule has 0 spiro atoms. The summed E-state index contributed by atoms with van der Waals surface area (Å²) in [7, 11) is -7.31. The smallest absolute Gasteiger partial charge is 0.396 e. The Morgan fingerprint density at radius 3 is 0.556 bits per heavy atom. The van der Waals surface area contributed by atoms with Crippen molar-refractivity contribution >= 4 is 18.1 Å². The Bertz CT molecular complexity index is 554. The van der Waals surface area contributed by atoms with Gasteiger partial charge < -0.3 is 46.4 Å². The van der Waals surface area contributed by atoms with Gasteiger partial charge in [-0.2, -0.15) is 0 Å². The van der Waals surface area contributed by atoms with Crippen LogP contribution in [-0.2, 0) is 52.8 Å². The van der Waals surface area contributed by atoms with E-state index in [0.29, 0.717) is 13.2 Å². The van der Waals surface area contributed by atoms with Gasteiger partial charge in [-0.05, 0) is 137 Å². The molecule has 0 aliphatic rings. The summed E-state index contributed by atoms with van der Waals surface area (Å²) >= 11 is 0. The van der Waals surface area contributed by atoms with E-state index in [1.54, 1.807) is 0 Å². The molecule has 0 aromatic carbocycles. The van der Waals surface area contributed by atoms with Gasteiger partial charge in [-0.1, -0.05) is 26.7 Å². The van der Waals surface area contributed by atoms with E-state index < -0.39 is 51.7 Å². The zero-order chi connectivity index (χ0) is 36.5. The molecule has 0 aromatic rings. The SMILES string of the molecule is CC(C)(C)O[Si](O)(OC(C)(C)C)OC(C)(C)C.CC(C)(C)O[Si](O)(OC(C)(C)C)OC(C)(C)C.CCCCO.CCCCO.[Zr]. The molecule has 0 aliphatic carbocycles. The van der Waals surface area contributed by atoms with Crippen LogP contribution >= 0.6 is 0 Å². The van der Waals surface area contributed by atoms with Gasteiger partial charge in [0.25, 0.3) is 0 Å². The topological polar surface area (TPSA) is 136 Å². The van der Waals surface area contributed by atoms with Crippen molar-refractivity contribution in [2.75, 3.05) is 13.2 Å². The molecular weight excluding hydrogens is 692 g/mol. The second kappa shape index (κ2) is 23.3. The van der Waals surface area contributed by atoms with Crippen LogP contribution in [0.3, 0.4) is 0 Å². The molecule has 0 heterocycles. The van der Waals surface area contributed by atoms with E-state index in [2.05, 4.69) is 13.8 Å². The fourth-order valence-electron chi connectivity index (χ4n) is 2.76. The first-order valence-corrected chi connectivity index (χ1v) is 19.3. The minimum atomic E-state index is -3.66. The van der Waals surface area contributed by atoms with Crippen molar-refractivity contribution in [3.63, 3.8) is 0 Å². The van der Waals surface area contributed by atoms with Crippen molar-refractivity contribution < 1.29 is 72.6 Å². The Hall–Kier alpha value is 0.917. The van der Waals surface area contributed by atoms with E-state index >= 15 is 0 Å². The average molecular weight is 768 g/mol. The number of aliphatic hydroxyl groups is 2.